The maximum atomic E-state index is 12.5. The molecule has 0 fully saturated rings. The van der Waals surface area contributed by atoms with Crippen LogP contribution in [0.3, 0.4) is 0 Å². The Morgan fingerprint density at radius 3 is 2.07 bits per heavy atom. The van der Waals surface area contributed by atoms with Crippen molar-refractivity contribution in [3.63, 3.8) is 0 Å². The van der Waals surface area contributed by atoms with E-state index in [1.807, 2.05) is 56.3 Å². The molecule has 0 atom stereocenters. The van der Waals surface area contributed by atoms with E-state index in [0.717, 1.165) is 41.3 Å². The lowest BCUT2D eigenvalue weighted by Crippen LogP contribution is -2.21. The van der Waals surface area contributed by atoms with Crippen LogP contribution < -0.4 is 15.5 Å². The van der Waals surface area contributed by atoms with Gasteiger partial charge in [0.2, 0.25) is 5.95 Å². The van der Waals surface area contributed by atoms with E-state index >= 15 is 0 Å². The van der Waals surface area contributed by atoms with Crippen LogP contribution in [0.15, 0.2) is 54.9 Å². The van der Waals surface area contributed by atoms with Crippen LogP contribution >= 0.6 is 0 Å². The zero-order valence-electron chi connectivity index (χ0n) is 17.4. The lowest BCUT2D eigenvalue weighted by atomic mass is 10.1. The summed E-state index contributed by atoms with van der Waals surface area (Å²) in [5.41, 5.74) is 5.50. The fourth-order valence-corrected chi connectivity index (χ4v) is 3.18. The molecule has 150 valence electrons. The number of aromatic nitrogens is 2. The molecule has 0 radical (unpaired) electrons. The van der Waals surface area contributed by atoms with Crippen LogP contribution in [0.25, 0.3) is 0 Å². The normalized spacial score (nSPS) is 10.5. The number of carbonyl (C=O) groups is 1. The number of benzene rings is 2. The number of para-hydroxylation sites is 1. The summed E-state index contributed by atoms with van der Waals surface area (Å²) in [4.78, 5) is 23.3. The first-order chi connectivity index (χ1) is 14.0. The molecule has 0 bridgehead atoms. The average molecular weight is 390 g/mol. The van der Waals surface area contributed by atoms with Crippen molar-refractivity contribution in [1.82, 2.24) is 9.97 Å². The van der Waals surface area contributed by atoms with E-state index in [-0.39, 0.29) is 5.91 Å². The van der Waals surface area contributed by atoms with E-state index in [4.69, 9.17) is 0 Å². The zero-order chi connectivity index (χ0) is 20.8. The third kappa shape index (κ3) is 4.90. The van der Waals surface area contributed by atoms with Crippen LogP contribution in [0.5, 0.6) is 0 Å². The molecule has 3 rings (SSSR count). The number of nitrogens with zero attached hydrogens (tertiary/aromatic N) is 3. The van der Waals surface area contributed by atoms with Gasteiger partial charge in [-0.1, -0.05) is 18.2 Å². The summed E-state index contributed by atoms with van der Waals surface area (Å²) in [5.74, 6) is 0.224. The maximum Gasteiger partial charge on any atom is 0.258 e. The first-order valence-electron chi connectivity index (χ1n) is 9.83. The highest BCUT2D eigenvalue weighted by Gasteiger charge is 2.10. The molecule has 1 heterocycles. The second-order valence-electron chi connectivity index (χ2n) is 6.86. The standard InChI is InChI=1S/C23H27N5O/c1-5-28(6-2)20-12-10-19(11-13-20)26-22(29)18-14-24-23(25-15-18)27-21-16(3)8-7-9-17(21)4/h7-15H,5-6H2,1-4H3,(H,26,29)(H,24,25,27). The second kappa shape index (κ2) is 9.19. The summed E-state index contributed by atoms with van der Waals surface area (Å²) >= 11 is 0. The van der Waals surface area contributed by atoms with Gasteiger partial charge in [-0.25, -0.2) is 9.97 Å². The average Bonchev–Trinajstić information content (AvgIpc) is 2.73. The molecular weight excluding hydrogens is 362 g/mol. The van der Waals surface area contributed by atoms with E-state index < -0.39 is 0 Å². The third-order valence-electron chi connectivity index (χ3n) is 4.89. The van der Waals surface area contributed by atoms with Gasteiger partial charge in [-0.05, 0) is 63.1 Å². The van der Waals surface area contributed by atoms with Crippen molar-refractivity contribution in [1.29, 1.82) is 0 Å². The third-order valence-corrected chi connectivity index (χ3v) is 4.89. The number of rotatable bonds is 7. The summed E-state index contributed by atoms with van der Waals surface area (Å²) in [6, 6.07) is 13.9. The van der Waals surface area contributed by atoms with E-state index in [9.17, 15) is 4.79 Å². The minimum Gasteiger partial charge on any atom is -0.372 e. The van der Waals surface area contributed by atoms with Crippen molar-refractivity contribution in [2.75, 3.05) is 28.6 Å². The van der Waals surface area contributed by atoms with E-state index in [2.05, 4.69) is 39.3 Å². The van der Waals surface area contributed by atoms with Crippen molar-refractivity contribution in [2.24, 2.45) is 0 Å². The minimum atomic E-state index is -0.237. The predicted octanol–water partition coefficient (Wildman–Crippen LogP) is 4.94. The van der Waals surface area contributed by atoms with E-state index in [0.29, 0.717) is 11.5 Å². The highest BCUT2D eigenvalue weighted by atomic mass is 16.1. The van der Waals surface area contributed by atoms with Gasteiger partial charge >= 0.3 is 0 Å². The van der Waals surface area contributed by atoms with Crippen molar-refractivity contribution < 1.29 is 4.79 Å². The first kappa shape index (κ1) is 20.3. The number of hydrogen-bond acceptors (Lipinski definition) is 5. The molecule has 1 aromatic heterocycles. The summed E-state index contributed by atoms with van der Waals surface area (Å²) in [6.07, 6.45) is 3.06. The Kier molecular flexibility index (Phi) is 6.44. The Morgan fingerprint density at radius 2 is 1.52 bits per heavy atom. The molecule has 0 unspecified atom stereocenters. The summed E-state index contributed by atoms with van der Waals surface area (Å²) in [7, 11) is 0. The van der Waals surface area contributed by atoms with Gasteiger partial charge in [-0.15, -0.1) is 0 Å². The Labute approximate surface area is 172 Å². The highest BCUT2D eigenvalue weighted by molar-refractivity contribution is 6.04. The lowest BCUT2D eigenvalue weighted by molar-refractivity contribution is 0.102. The van der Waals surface area contributed by atoms with Gasteiger partial charge in [0.05, 0.1) is 5.56 Å². The van der Waals surface area contributed by atoms with E-state index in [1.54, 1.807) is 0 Å². The van der Waals surface area contributed by atoms with E-state index in [1.165, 1.54) is 12.4 Å². The van der Waals surface area contributed by atoms with Gasteiger partial charge in [-0.3, -0.25) is 4.79 Å². The Bertz CT molecular complexity index is 943. The number of amides is 1. The topological polar surface area (TPSA) is 70.2 Å². The highest BCUT2D eigenvalue weighted by Crippen LogP contribution is 2.22. The number of nitrogens with one attached hydrogen (secondary N) is 2. The van der Waals surface area contributed by atoms with Crippen LogP contribution in [0, 0.1) is 13.8 Å². The van der Waals surface area contributed by atoms with Gasteiger partial charge in [0.15, 0.2) is 0 Å². The van der Waals surface area contributed by atoms with Gasteiger partial charge in [-0.2, -0.15) is 0 Å². The molecule has 29 heavy (non-hydrogen) atoms. The molecule has 3 aromatic rings. The van der Waals surface area contributed by atoms with Crippen LogP contribution in [-0.4, -0.2) is 29.0 Å². The molecule has 0 saturated heterocycles. The van der Waals surface area contributed by atoms with Gasteiger partial charge < -0.3 is 15.5 Å². The van der Waals surface area contributed by atoms with Crippen LogP contribution in [0.1, 0.15) is 35.3 Å². The van der Waals surface area contributed by atoms with Crippen LogP contribution in [0.4, 0.5) is 23.0 Å². The Balaban J connectivity index is 1.66. The van der Waals surface area contributed by atoms with Gasteiger partial charge in [0, 0.05) is 42.5 Å². The molecule has 6 heteroatoms. The summed E-state index contributed by atoms with van der Waals surface area (Å²) in [6.45, 7) is 10.2. The Hall–Kier alpha value is -3.41. The predicted molar refractivity (Wildman–Crippen MR) is 119 cm³/mol. The molecule has 0 saturated carbocycles. The van der Waals surface area contributed by atoms with Crippen molar-refractivity contribution in [3.05, 3.63) is 71.5 Å². The second-order valence-corrected chi connectivity index (χ2v) is 6.86. The number of anilines is 4. The minimum absolute atomic E-state index is 0.237. The fraction of sp³-hybridized carbons (Fsp3) is 0.261. The molecule has 2 N–H and O–H groups in total. The number of hydrogen-bond donors (Lipinski definition) is 2. The molecule has 1 amide bonds. The van der Waals surface area contributed by atoms with Crippen molar-refractivity contribution >= 4 is 28.9 Å². The molecular formula is C23H27N5O. The quantitative estimate of drug-likeness (QED) is 0.599. The van der Waals surface area contributed by atoms with Crippen LogP contribution in [-0.2, 0) is 0 Å². The Morgan fingerprint density at radius 1 is 0.931 bits per heavy atom. The molecule has 0 aliphatic heterocycles. The molecule has 6 nitrogen and oxygen atoms in total. The molecule has 0 aliphatic rings. The van der Waals surface area contributed by atoms with Crippen molar-refractivity contribution in [3.8, 4) is 0 Å². The zero-order valence-corrected chi connectivity index (χ0v) is 17.4. The molecule has 2 aromatic carbocycles. The lowest BCUT2D eigenvalue weighted by Gasteiger charge is -2.21. The monoisotopic (exact) mass is 389 g/mol. The summed E-state index contributed by atoms with van der Waals surface area (Å²) < 4.78 is 0. The largest absolute Gasteiger partial charge is 0.372 e. The maximum absolute atomic E-state index is 12.5. The number of aryl methyl sites for hydroxylation is 2. The van der Waals surface area contributed by atoms with Gasteiger partial charge in [0.1, 0.15) is 0 Å². The number of carbonyl (C=O) groups excluding carboxylic acids is 1. The first-order valence-corrected chi connectivity index (χ1v) is 9.83. The molecule has 0 aliphatic carbocycles. The molecule has 0 spiro atoms. The van der Waals surface area contributed by atoms with Gasteiger partial charge in [0.25, 0.3) is 5.91 Å². The fourth-order valence-electron chi connectivity index (χ4n) is 3.18. The van der Waals surface area contributed by atoms with Crippen molar-refractivity contribution in [2.45, 2.75) is 27.7 Å². The SMILES string of the molecule is CCN(CC)c1ccc(NC(=O)c2cnc(Nc3c(C)cccc3C)nc2)cc1. The smallest absolute Gasteiger partial charge is 0.258 e. The summed E-state index contributed by atoms with van der Waals surface area (Å²) in [5, 5.41) is 6.12. The van der Waals surface area contributed by atoms with Crippen LogP contribution in [0.2, 0.25) is 0 Å².